The lowest BCUT2D eigenvalue weighted by Crippen LogP contribution is -2.00. The number of nitrogens with zero attached hydrogens (tertiary/aromatic N) is 1. The number of ketones is 1. The van der Waals surface area contributed by atoms with Gasteiger partial charge in [-0.25, -0.2) is 0 Å². The maximum Gasteiger partial charge on any atom is 0.162 e. The summed E-state index contributed by atoms with van der Waals surface area (Å²) in [7, 11) is 0. The van der Waals surface area contributed by atoms with E-state index in [1.165, 1.54) is 6.92 Å². The van der Waals surface area contributed by atoms with Crippen LogP contribution in [0.25, 0.3) is 0 Å². The van der Waals surface area contributed by atoms with Crippen molar-refractivity contribution < 1.29 is 4.79 Å². The molecule has 0 fully saturated rings. The van der Waals surface area contributed by atoms with Crippen LogP contribution in [0.4, 0.5) is 0 Å². The Bertz CT molecular complexity index is 401. The highest BCUT2D eigenvalue weighted by molar-refractivity contribution is 6.34. The highest BCUT2D eigenvalue weighted by Gasteiger charge is 2.24. The number of aromatic nitrogens is 1. The van der Waals surface area contributed by atoms with Crippen LogP contribution in [-0.2, 0) is 6.42 Å². The van der Waals surface area contributed by atoms with Crippen molar-refractivity contribution in [3.63, 3.8) is 0 Å². The summed E-state index contributed by atoms with van der Waals surface area (Å²) in [5.41, 5.74) is 2.70. The quantitative estimate of drug-likeness (QED) is 0.666. The summed E-state index contributed by atoms with van der Waals surface area (Å²) < 4.78 is 0. The summed E-state index contributed by atoms with van der Waals surface area (Å²) in [6.07, 6.45) is 3.64. The normalized spacial score (nSPS) is 19.5. The van der Waals surface area contributed by atoms with E-state index < -0.39 is 0 Å². The topological polar surface area (TPSA) is 30.0 Å². The molecule has 0 bridgehead atoms. The molecule has 1 aliphatic rings. The first kappa shape index (κ1) is 9.66. The highest BCUT2D eigenvalue weighted by Crippen LogP contribution is 2.36. The third-order valence-corrected chi connectivity index (χ3v) is 3.25. The van der Waals surface area contributed by atoms with Crippen molar-refractivity contribution in [3.05, 3.63) is 28.0 Å². The van der Waals surface area contributed by atoms with E-state index >= 15 is 0 Å². The van der Waals surface area contributed by atoms with Gasteiger partial charge in [-0.05, 0) is 31.2 Å². The molecule has 74 valence electrons. The van der Waals surface area contributed by atoms with Crippen molar-refractivity contribution in [3.8, 4) is 0 Å². The SMILES string of the molecule is CC(=O)c1cnc2c(c1Cl)CC[C@H]2C. The second-order valence-corrected chi connectivity index (χ2v) is 4.22. The van der Waals surface area contributed by atoms with E-state index in [0.717, 1.165) is 24.1 Å². The fourth-order valence-corrected chi connectivity index (χ4v) is 2.32. The number of fused-ring (bicyclic) bond motifs is 1. The minimum Gasteiger partial charge on any atom is -0.294 e. The van der Waals surface area contributed by atoms with Gasteiger partial charge in [-0.1, -0.05) is 18.5 Å². The van der Waals surface area contributed by atoms with Gasteiger partial charge in [-0.3, -0.25) is 9.78 Å². The van der Waals surface area contributed by atoms with E-state index in [9.17, 15) is 4.79 Å². The molecule has 0 unspecified atom stereocenters. The van der Waals surface area contributed by atoms with Crippen molar-refractivity contribution in [2.45, 2.75) is 32.6 Å². The van der Waals surface area contributed by atoms with E-state index in [2.05, 4.69) is 11.9 Å². The summed E-state index contributed by atoms with van der Waals surface area (Å²) in [6.45, 7) is 3.66. The van der Waals surface area contributed by atoms with Crippen LogP contribution >= 0.6 is 11.6 Å². The van der Waals surface area contributed by atoms with E-state index in [1.54, 1.807) is 6.20 Å². The predicted octanol–water partition coefficient (Wildman–Crippen LogP) is 2.99. The van der Waals surface area contributed by atoms with Crippen LogP contribution < -0.4 is 0 Å². The van der Waals surface area contributed by atoms with Gasteiger partial charge in [-0.15, -0.1) is 0 Å². The molecule has 0 saturated heterocycles. The first-order valence-corrected chi connectivity index (χ1v) is 5.17. The zero-order valence-electron chi connectivity index (χ0n) is 8.30. The summed E-state index contributed by atoms with van der Waals surface area (Å²) in [6, 6.07) is 0. The Morgan fingerprint density at radius 3 is 3.00 bits per heavy atom. The molecule has 2 nitrogen and oxygen atoms in total. The Labute approximate surface area is 88.3 Å². The molecular weight excluding hydrogens is 198 g/mol. The molecule has 0 aliphatic heterocycles. The minimum atomic E-state index is -0.00940. The van der Waals surface area contributed by atoms with E-state index in [-0.39, 0.29) is 5.78 Å². The van der Waals surface area contributed by atoms with Gasteiger partial charge in [0.2, 0.25) is 0 Å². The number of halogens is 1. The molecule has 1 atom stereocenters. The van der Waals surface area contributed by atoms with Crippen LogP contribution in [0.5, 0.6) is 0 Å². The summed E-state index contributed by atoms with van der Waals surface area (Å²) >= 11 is 6.15. The van der Waals surface area contributed by atoms with Crippen LogP contribution in [0.2, 0.25) is 5.02 Å². The molecule has 0 N–H and O–H groups in total. The molecule has 3 heteroatoms. The van der Waals surface area contributed by atoms with Gasteiger partial charge in [0, 0.05) is 11.9 Å². The van der Waals surface area contributed by atoms with Crippen molar-refractivity contribution in [1.82, 2.24) is 4.98 Å². The maximum atomic E-state index is 11.2. The molecule has 1 heterocycles. The Kier molecular flexibility index (Phi) is 2.31. The average molecular weight is 210 g/mol. The number of pyridine rings is 1. The van der Waals surface area contributed by atoms with E-state index in [0.29, 0.717) is 16.5 Å². The van der Waals surface area contributed by atoms with E-state index in [4.69, 9.17) is 11.6 Å². The molecule has 1 aromatic rings. The van der Waals surface area contributed by atoms with Gasteiger partial charge in [0.05, 0.1) is 10.6 Å². The van der Waals surface area contributed by atoms with Gasteiger partial charge in [0.1, 0.15) is 0 Å². The lowest BCUT2D eigenvalue weighted by atomic mass is 10.1. The van der Waals surface area contributed by atoms with Crippen molar-refractivity contribution in [2.75, 3.05) is 0 Å². The fraction of sp³-hybridized carbons (Fsp3) is 0.455. The molecular formula is C11H12ClNO. The van der Waals surface area contributed by atoms with E-state index in [1.807, 2.05) is 0 Å². The molecule has 0 saturated carbocycles. The first-order chi connectivity index (χ1) is 6.61. The number of Topliss-reactive ketones (excluding diaryl/α,β-unsaturated/α-hetero) is 1. The summed E-state index contributed by atoms with van der Waals surface area (Å²) in [4.78, 5) is 15.5. The van der Waals surface area contributed by atoms with Gasteiger partial charge in [0.15, 0.2) is 5.78 Å². The van der Waals surface area contributed by atoms with Crippen LogP contribution in [0.3, 0.4) is 0 Å². The molecule has 1 aromatic heterocycles. The van der Waals surface area contributed by atoms with Crippen LogP contribution in [0.1, 0.15) is 47.8 Å². The zero-order valence-corrected chi connectivity index (χ0v) is 9.06. The predicted molar refractivity (Wildman–Crippen MR) is 56.0 cm³/mol. The Morgan fingerprint density at radius 1 is 1.64 bits per heavy atom. The number of carbonyl (C=O) groups is 1. The standard InChI is InChI=1S/C11H12ClNO/c1-6-3-4-8-10(12)9(7(2)14)5-13-11(6)8/h5-6H,3-4H2,1-2H3/t6-/m1/s1. The van der Waals surface area contributed by atoms with Gasteiger partial charge < -0.3 is 0 Å². The van der Waals surface area contributed by atoms with Gasteiger partial charge in [0.25, 0.3) is 0 Å². The number of hydrogen-bond donors (Lipinski definition) is 0. The molecule has 0 aromatic carbocycles. The van der Waals surface area contributed by atoms with Crippen LogP contribution in [-0.4, -0.2) is 10.8 Å². The van der Waals surface area contributed by atoms with Crippen LogP contribution in [0, 0.1) is 0 Å². The smallest absolute Gasteiger partial charge is 0.162 e. The third-order valence-electron chi connectivity index (χ3n) is 2.82. The molecule has 0 amide bonds. The molecule has 1 aliphatic carbocycles. The van der Waals surface area contributed by atoms with Crippen molar-refractivity contribution >= 4 is 17.4 Å². The fourth-order valence-electron chi connectivity index (χ4n) is 1.95. The lowest BCUT2D eigenvalue weighted by molar-refractivity contribution is 0.101. The number of rotatable bonds is 1. The second kappa shape index (κ2) is 3.35. The zero-order chi connectivity index (χ0) is 10.3. The minimum absolute atomic E-state index is 0.00940. The average Bonchev–Trinajstić information content (AvgIpc) is 2.49. The van der Waals surface area contributed by atoms with Gasteiger partial charge in [-0.2, -0.15) is 0 Å². The Hall–Kier alpha value is -0.890. The largest absolute Gasteiger partial charge is 0.294 e. The Balaban J connectivity index is 2.58. The first-order valence-electron chi connectivity index (χ1n) is 4.79. The maximum absolute atomic E-state index is 11.2. The summed E-state index contributed by atoms with van der Waals surface area (Å²) in [5, 5.41) is 0.617. The lowest BCUT2D eigenvalue weighted by Gasteiger charge is -2.07. The van der Waals surface area contributed by atoms with Crippen molar-refractivity contribution in [2.24, 2.45) is 0 Å². The van der Waals surface area contributed by atoms with Crippen LogP contribution in [0.15, 0.2) is 6.20 Å². The number of hydrogen-bond acceptors (Lipinski definition) is 2. The van der Waals surface area contributed by atoms with Gasteiger partial charge >= 0.3 is 0 Å². The summed E-state index contributed by atoms with van der Waals surface area (Å²) in [5.74, 6) is 0.466. The molecule has 14 heavy (non-hydrogen) atoms. The Morgan fingerprint density at radius 2 is 2.36 bits per heavy atom. The number of carbonyl (C=O) groups excluding carboxylic acids is 1. The molecule has 0 radical (unpaired) electrons. The monoisotopic (exact) mass is 209 g/mol. The second-order valence-electron chi connectivity index (χ2n) is 3.85. The molecule has 2 rings (SSSR count). The molecule has 0 spiro atoms. The van der Waals surface area contributed by atoms with Crippen molar-refractivity contribution in [1.29, 1.82) is 0 Å². The highest BCUT2D eigenvalue weighted by atomic mass is 35.5. The third kappa shape index (κ3) is 1.34.